The molecule has 2 aromatic rings. The summed E-state index contributed by atoms with van der Waals surface area (Å²) in [5.41, 5.74) is 0.0919. The van der Waals surface area contributed by atoms with Gasteiger partial charge in [0.1, 0.15) is 6.61 Å². The minimum Gasteiger partial charge on any atom is -0.476 e. The average molecular weight is 523 g/mol. The van der Waals surface area contributed by atoms with Gasteiger partial charge in [-0.3, -0.25) is 9.69 Å². The lowest BCUT2D eigenvalue weighted by atomic mass is 9.68. The summed E-state index contributed by atoms with van der Waals surface area (Å²) in [5, 5.41) is 22.5. The molecule has 4 aliphatic rings. The van der Waals surface area contributed by atoms with Crippen molar-refractivity contribution in [1.29, 1.82) is 0 Å². The first-order chi connectivity index (χ1) is 18.5. The third kappa shape index (κ3) is 4.75. The summed E-state index contributed by atoms with van der Waals surface area (Å²) in [7, 11) is 0. The van der Waals surface area contributed by atoms with Gasteiger partial charge in [0.2, 0.25) is 5.71 Å². The van der Waals surface area contributed by atoms with Crippen LogP contribution in [0.5, 0.6) is 0 Å². The zero-order valence-electron chi connectivity index (χ0n) is 21.9. The van der Waals surface area contributed by atoms with Crippen LogP contribution >= 0.6 is 0 Å². The quantitative estimate of drug-likeness (QED) is 0.323. The summed E-state index contributed by atoms with van der Waals surface area (Å²) in [6.45, 7) is -0.473. The second-order valence-corrected chi connectivity index (χ2v) is 11.8. The van der Waals surface area contributed by atoms with Crippen LogP contribution in [-0.2, 0) is 9.63 Å². The Morgan fingerprint density at radius 3 is 2.32 bits per heavy atom. The minimum atomic E-state index is -1.39. The van der Waals surface area contributed by atoms with Crippen molar-refractivity contribution in [3.05, 3.63) is 40.3 Å². The van der Waals surface area contributed by atoms with E-state index in [0.717, 1.165) is 43.0 Å². The maximum absolute atomic E-state index is 13.9. The molecule has 2 saturated heterocycles. The van der Waals surface area contributed by atoms with Crippen LogP contribution in [0.3, 0.4) is 0 Å². The highest BCUT2D eigenvalue weighted by atomic mass is 16.6. The first-order valence-electron chi connectivity index (χ1n) is 14.4. The second-order valence-electron chi connectivity index (χ2n) is 11.8. The van der Waals surface area contributed by atoms with Gasteiger partial charge >= 0.3 is 5.97 Å². The average Bonchev–Trinajstić information content (AvgIpc) is 2.90. The molecule has 0 spiro atoms. The summed E-state index contributed by atoms with van der Waals surface area (Å²) < 4.78 is 1.79. The summed E-state index contributed by atoms with van der Waals surface area (Å²) >= 11 is 0. The summed E-state index contributed by atoms with van der Waals surface area (Å²) in [5.74, 6) is 0.369. The Balaban J connectivity index is 1.36. The van der Waals surface area contributed by atoms with Crippen molar-refractivity contribution in [1.82, 2.24) is 14.5 Å². The molecule has 4 bridgehead atoms. The normalized spacial score (nSPS) is 31.8. The van der Waals surface area contributed by atoms with Gasteiger partial charge in [-0.25, -0.2) is 9.78 Å². The first kappa shape index (κ1) is 25.5. The SMILES string of the molecule is O=C(O)/C(=N\OCCO)c1nc2ccccc2n([C@H]2C[C@H]3CCC[C@@H](C2)N3C2C[C@H]3CCC[C@@H](C2)C3)c1=O. The van der Waals surface area contributed by atoms with Crippen LogP contribution in [0.1, 0.15) is 82.4 Å². The molecule has 204 valence electrons. The lowest BCUT2D eigenvalue weighted by molar-refractivity contribution is -0.129. The maximum atomic E-state index is 13.9. The number of benzene rings is 1. The molecule has 2 aliphatic carbocycles. The molecule has 2 N–H and O–H groups in total. The Morgan fingerprint density at radius 2 is 1.63 bits per heavy atom. The number of aliphatic carboxylic acids is 1. The summed E-state index contributed by atoms with van der Waals surface area (Å²) in [4.78, 5) is 38.2. The minimum absolute atomic E-state index is 0.0304. The molecule has 1 unspecified atom stereocenters. The molecule has 2 aliphatic heterocycles. The molecule has 38 heavy (non-hydrogen) atoms. The van der Waals surface area contributed by atoms with Crippen molar-refractivity contribution in [3.8, 4) is 0 Å². The van der Waals surface area contributed by atoms with Crippen LogP contribution in [-0.4, -0.2) is 67.7 Å². The number of para-hydroxylation sites is 2. The fourth-order valence-electron chi connectivity index (χ4n) is 8.14. The van der Waals surface area contributed by atoms with Gasteiger partial charge in [0.15, 0.2) is 5.69 Å². The van der Waals surface area contributed by atoms with E-state index < -0.39 is 17.2 Å². The number of fused-ring (bicyclic) bond motifs is 5. The van der Waals surface area contributed by atoms with Crippen LogP contribution in [0.15, 0.2) is 34.2 Å². The van der Waals surface area contributed by atoms with Gasteiger partial charge in [-0.2, -0.15) is 0 Å². The Morgan fingerprint density at radius 1 is 0.947 bits per heavy atom. The molecule has 3 heterocycles. The Bertz CT molecular complexity index is 1250. The number of hydrogen-bond acceptors (Lipinski definition) is 7. The lowest BCUT2D eigenvalue weighted by Crippen LogP contribution is -2.58. The van der Waals surface area contributed by atoms with E-state index in [2.05, 4.69) is 15.0 Å². The Labute approximate surface area is 222 Å². The molecule has 9 heteroatoms. The molecule has 6 atom stereocenters. The highest BCUT2D eigenvalue weighted by Crippen LogP contribution is 2.47. The third-order valence-corrected chi connectivity index (χ3v) is 9.46. The monoisotopic (exact) mass is 522 g/mol. The number of hydrogen-bond donors (Lipinski definition) is 2. The van der Waals surface area contributed by atoms with Gasteiger partial charge in [-0.1, -0.05) is 43.0 Å². The number of aliphatic hydroxyl groups excluding tert-OH is 1. The predicted octanol–water partition coefficient (Wildman–Crippen LogP) is 3.72. The van der Waals surface area contributed by atoms with E-state index in [-0.39, 0.29) is 24.9 Å². The molecule has 2 saturated carbocycles. The van der Waals surface area contributed by atoms with E-state index in [1.807, 2.05) is 18.2 Å². The van der Waals surface area contributed by atoms with Crippen molar-refractivity contribution in [2.45, 2.75) is 94.8 Å². The summed E-state index contributed by atoms with van der Waals surface area (Å²) in [6.07, 6.45) is 13.5. The van der Waals surface area contributed by atoms with Crippen molar-refractivity contribution < 1.29 is 19.8 Å². The second kappa shape index (κ2) is 10.8. The molecule has 0 radical (unpaired) electrons. The smallest absolute Gasteiger partial charge is 0.360 e. The van der Waals surface area contributed by atoms with Crippen molar-refractivity contribution in [3.63, 3.8) is 0 Å². The maximum Gasteiger partial charge on any atom is 0.360 e. The number of piperidine rings is 2. The van der Waals surface area contributed by atoms with Crippen LogP contribution in [0.2, 0.25) is 0 Å². The van der Waals surface area contributed by atoms with Crippen LogP contribution in [0.25, 0.3) is 11.0 Å². The highest BCUT2D eigenvalue weighted by molar-refractivity contribution is 6.41. The summed E-state index contributed by atoms with van der Waals surface area (Å²) in [6, 6.07) is 8.96. The number of nitrogens with zero attached hydrogens (tertiary/aromatic N) is 4. The molecular weight excluding hydrogens is 484 g/mol. The molecule has 6 rings (SSSR count). The Kier molecular flexibility index (Phi) is 7.22. The fraction of sp³-hybridized carbons (Fsp3) is 0.655. The lowest BCUT2D eigenvalue weighted by Gasteiger charge is -2.55. The number of aliphatic hydroxyl groups is 1. The fourth-order valence-corrected chi connectivity index (χ4v) is 8.14. The Hall–Kier alpha value is -2.78. The van der Waals surface area contributed by atoms with Crippen molar-refractivity contribution >= 4 is 22.7 Å². The van der Waals surface area contributed by atoms with E-state index in [1.54, 1.807) is 10.6 Å². The van der Waals surface area contributed by atoms with Crippen molar-refractivity contribution in [2.75, 3.05) is 13.2 Å². The number of carboxylic acid groups (broad SMARTS) is 1. The van der Waals surface area contributed by atoms with Gasteiger partial charge in [0.25, 0.3) is 5.56 Å². The number of rotatable bonds is 7. The van der Waals surface area contributed by atoms with Crippen LogP contribution in [0, 0.1) is 11.8 Å². The molecule has 1 aromatic carbocycles. The largest absolute Gasteiger partial charge is 0.476 e. The standard InChI is InChI=1S/C29H38N4O5/c34-11-12-38-31-27(29(36)37)26-28(35)33(25-10-2-1-9-24(25)30-26)23-16-20-7-4-8-21(17-23)32(20)22-14-18-5-3-6-19(13-18)15-22/h1-2,9-10,18-23,34H,3-8,11-17H2,(H,36,37)/b31-27-/t18-,19+,20-,21+,22?,23+. The van der Waals surface area contributed by atoms with E-state index in [1.165, 1.54) is 44.9 Å². The predicted molar refractivity (Wildman–Crippen MR) is 143 cm³/mol. The zero-order chi connectivity index (χ0) is 26.2. The highest BCUT2D eigenvalue weighted by Gasteiger charge is 2.45. The number of carboxylic acids is 1. The van der Waals surface area contributed by atoms with Crippen LogP contribution in [0.4, 0.5) is 0 Å². The topological polar surface area (TPSA) is 117 Å². The molecule has 1 aromatic heterocycles. The van der Waals surface area contributed by atoms with E-state index in [0.29, 0.717) is 23.6 Å². The van der Waals surface area contributed by atoms with Crippen molar-refractivity contribution in [2.24, 2.45) is 17.0 Å². The van der Waals surface area contributed by atoms with Gasteiger partial charge in [0, 0.05) is 24.2 Å². The van der Waals surface area contributed by atoms with E-state index in [9.17, 15) is 14.7 Å². The molecule has 9 nitrogen and oxygen atoms in total. The van der Waals surface area contributed by atoms with Gasteiger partial charge < -0.3 is 19.6 Å². The third-order valence-electron chi connectivity index (χ3n) is 9.46. The van der Waals surface area contributed by atoms with Gasteiger partial charge in [0.05, 0.1) is 17.6 Å². The first-order valence-corrected chi connectivity index (χ1v) is 14.4. The number of oxime groups is 1. The molecular formula is C29H38N4O5. The number of aromatic nitrogens is 2. The van der Waals surface area contributed by atoms with Gasteiger partial charge in [-0.05, 0) is 68.9 Å². The van der Waals surface area contributed by atoms with E-state index >= 15 is 0 Å². The number of carbonyl (C=O) groups is 1. The van der Waals surface area contributed by atoms with E-state index in [4.69, 9.17) is 9.94 Å². The van der Waals surface area contributed by atoms with Gasteiger partial charge in [-0.15, -0.1) is 0 Å². The zero-order valence-corrected chi connectivity index (χ0v) is 21.9. The molecule has 0 amide bonds. The van der Waals surface area contributed by atoms with Crippen LogP contribution < -0.4 is 5.56 Å². The molecule has 4 fully saturated rings.